The van der Waals surface area contributed by atoms with Crippen LogP contribution in [-0.2, 0) is 9.35 Å². The summed E-state index contributed by atoms with van der Waals surface area (Å²) < 4.78 is 16.9. The molecule has 0 spiro atoms. The second kappa shape index (κ2) is 1.90. The van der Waals surface area contributed by atoms with Crippen LogP contribution in [0.25, 0.3) is 0 Å². The minimum absolute atomic E-state index is 0.428. The summed E-state index contributed by atoms with van der Waals surface area (Å²) in [7, 11) is -0.259. The van der Waals surface area contributed by atoms with Crippen molar-refractivity contribution in [3.05, 3.63) is 0 Å². The lowest BCUT2D eigenvalue weighted by molar-refractivity contribution is 0.685. The van der Waals surface area contributed by atoms with Gasteiger partial charge in [0.15, 0.2) is 0 Å². The van der Waals surface area contributed by atoms with Crippen LogP contribution in [0.15, 0.2) is 0 Å². The lowest BCUT2D eigenvalue weighted by Crippen LogP contribution is -1.84. The van der Waals surface area contributed by atoms with Crippen LogP contribution in [0.1, 0.15) is 6.92 Å². The minimum atomic E-state index is -2.25. The maximum atomic E-state index is 10.2. The van der Waals surface area contributed by atoms with E-state index in [1.807, 2.05) is 8.44 Å². The molecule has 0 aromatic rings. The molecule has 4 heteroatoms. The fraction of sp³-hybridized carbons (Fsp3) is 1.00. The van der Waals surface area contributed by atoms with E-state index in [1.54, 1.807) is 6.92 Å². The zero-order valence-corrected chi connectivity index (χ0v) is 5.57. The fourth-order valence-corrected chi connectivity index (χ4v) is 0. The van der Waals surface area contributed by atoms with Gasteiger partial charge in [-0.2, -0.15) is 0 Å². The Morgan fingerprint density at radius 1 is 2.00 bits per heavy atom. The molecule has 0 aliphatic heterocycles. The predicted octanol–water partition coefficient (Wildman–Crippen LogP) is 0.843. The average Bonchev–Trinajstić information content (AvgIpc) is 1.35. The van der Waals surface area contributed by atoms with Crippen molar-refractivity contribution in [2.75, 3.05) is 5.75 Å². The first-order chi connectivity index (χ1) is 2.56. The van der Waals surface area contributed by atoms with Gasteiger partial charge in [-0.3, -0.25) is 0 Å². The zero-order chi connectivity index (χ0) is 5.21. The first-order valence-electron chi connectivity index (χ1n) is 1.60. The predicted molar refractivity (Wildman–Crippen MR) is 31.1 cm³/mol. The van der Waals surface area contributed by atoms with Crippen molar-refractivity contribution in [1.29, 1.82) is 4.78 Å². The lowest BCUT2D eigenvalue weighted by Gasteiger charge is -1.86. The second-order valence-electron chi connectivity index (χ2n) is 1.01. The van der Waals surface area contributed by atoms with Crippen LogP contribution in [0.5, 0.6) is 0 Å². The molecule has 2 atom stereocenters. The van der Waals surface area contributed by atoms with Gasteiger partial charge in [0.2, 0.25) is 0 Å². The maximum absolute atomic E-state index is 10.2. The first-order valence-corrected chi connectivity index (χ1v) is 4.81. The van der Waals surface area contributed by atoms with Gasteiger partial charge in [-0.15, -0.1) is 0 Å². The molecule has 0 rings (SSSR count). The summed E-state index contributed by atoms with van der Waals surface area (Å²) in [6.07, 6.45) is 0. The summed E-state index contributed by atoms with van der Waals surface area (Å²) in [6, 6.07) is 0. The first kappa shape index (κ1) is 6.38. The van der Waals surface area contributed by atoms with E-state index in [-0.39, 0.29) is 0 Å². The molecular weight excluding hydrogens is 117 g/mol. The molecule has 0 aliphatic rings. The van der Waals surface area contributed by atoms with E-state index in [2.05, 4.69) is 0 Å². The van der Waals surface area contributed by atoms with Gasteiger partial charge in [-0.25, -0.2) is 8.99 Å². The van der Waals surface area contributed by atoms with Crippen molar-refractivity contribution in [3.63, 3.8) is 0 Å². The van der Waals surface area contributed by atoms with Gasteiger partial charge in [0.1, 0.15) is 0 Å². The molecule has 0 aliphatic carbocycles. The summed E-state index contributed by atoms with van der Waals surface area (Å²) in [6.45, 7) is 1.72. The van der Waals surface area contributed by atoms with E-state index >= 15 is 0 Å². The quantitative estimate of drug-likeness (QED) is 0.518. The number of nitrogens with one attached hydrogen (secondary N) is 1. The van der Waals surface area contributed by atoms with Gasteiger partial charge in [-0.05, 0) is 8.44 Å². The molecule has 0 bridgehead atoms. The third-order valence-corrected chi connectivity index (χ3v) is 2.29. The summed E-state index contributed by atoms with van der Waals surface area (Å²) in [4.78, 5) is 0. The van der Waals surface area contributed by atoms with Crippen molar-refractivity contribution in [3.8, 4) is 0 Å². The van der Waals surface area contributed by atoms with E-state index < -0.39 is 9.35 Å². The van der Waals surface area contributed by atoms with Gasteiger partial charge < -0.3 is 0 Å². The molecule has 0 saturated heterocycles. The molecule has 2 unspecified atom stereocenters. The van der Waals surface area contributed by atoms with Gasteiger partial charge >= 0.3 is 0 Å². The Hall–Kier alpha value is 0.380. The van der Waals surface area contributed by atoms with Gasteiger partial charge in [0.25, 0.3) is 0 Å². The summed E-state index contributed by atoms with van der Waals surface area (Å²) in [5, 5.41) is 0. The monoisotopic (exact) mass is 125 g/mol. The molecular formula is C2H8NOPS. The maximum Gasteiger partial charge on any atom is 0.0564 e. The van der Waals surface area contributed by atoms with Crippen LogP contribution in [0.2, 0.25) is 0 Å². The van der Waals surface area contributed by atoms with Crippen LogP contribution in [0.3, 0.4) is 0 Å². The third kappa shape index (κ3) is 4.38. The summed E-state index contributed by atoms with van der Waals surface area (Å²) in [5.41, 5.74) is 0. The Bertz CT molecular complexity index is 116. The van der Waals surface area contributed by atoms with Gasteiger partial charge in [0, 0.05) is 5.75 Å². The van der Waals surface area contributed by atoms with E-state index in [1.165, 1.54) is 0 Å². The van der Waals surface area contributed by atoms with Crippen molar-refractivity contribution in [1.82, 2.24) is 0 Å². The molecule has 2 nitrogen and oxygen atoms in total. The Morgan fingerprint density at radius 3 is 2.17 bits per heavy atom. The van der Waals surface area contributed by atoms with Crippen molar-refractivity contribution in [2.45, 2.75) is 6.92 Å². The van der Waals surface area contributed by atoms with Crippen molar-refractivity contribution < 1.29 is 4.21 Å². The van der Waals surface area contributed by atoms with Crippen LogP contribution < -0.4 is 0 Å². The Balaban J connectivity index is 3.85. The molecule has 0 aromatic carbocycles. The minimum Gasteiger partial charge on any atom is -0.250 e. The molecule has 0 radical (unpaired) electrons. The Morgan fingerprint density at radius 2 is 2.17 bits per heavy atom. The standard InChI is InChI=1S/C2H8NOPS/c1-2-6(3,4)5/h3H,2,5H2,1H3. The number of hydrogen-bond donors (Lipinski definition) is 1. The molecule has 38 valence electrons. The second-order valence-corrected chi connectivity index (χ2v) is 5.33. The zero-order valence-electron chi connectivity index (χ0n) is 3.60. The van der Waals surface area contributed by atoms with E-state index in [4.69, 9.17) is 4.78 Å². The van der Waals surface area contributed by atoms with Crippen LogP contribution in [0.4, 0.5) is 0 Å². The smallest absolute Gasteiger partial charge is 0.0564 e. The highest BCUT2D eigenvalue weighted by Gasteiger charge is 1.85. The van der Waals surface area contributed by atoms with E-state index in [9.17, 15) is 4.21 Å². The van der Waals surface area contributed by atoms with Crippen LogP contribution >= 0.6 is 8.44 Å². The summed E-state index contributed by atoms with van der Waals surface area (Å²) >= 11 is 0. The number of rotatable bonds is 1. The normalized spacial score (nSPS) is 19.7. The van der Waals surface area contributed by atoms with E-state index in [0.29, 0.717) is 5.75 Å². The van der Waals surface area contributed by atoms with Crippen LogP contribution in [-0.4, -0.2) is 9.96 Å². The lowest BCUT2D eigenvalue weighted by atomic mass is 11.0. The van der Waals surface area contributed by atoms with E-state index in [0.717, 1.165) is 0 Å². The molecule has 0 saturated carbocycles. The fourth-order valence-electron chi connectivity index (χ4n) is 0. The van der Waals surface area contributed by atoms with Gasteiger partial charge in [0.05, 0.1) is 9.35 Å². The van der Waals surface area contributed by atoms with Crippen molar-refractivity contribution in [2.24, 2.45) is 0 Å². The highest BCUT2D eigenvalue weighted by Crippen LogP contribution is 1.98. The molecule has 0 amide bonds. The molecule has 6 heavy (non-hydrogen) atoms. The highest BCUT2D eigenvalue weighted by atomic mass is 32.7. The molecule has 0 aromatic heterocycles. The highest BCUT2D eigenvalue weighted by molar-refractivity contribution is 8.38. The topological polar surface area (TPSA) is 40.9 Å². The van der Waals surface area contributed by atoms with Crippen LogP contribution in [0, 0.1) is 4.78 Å². The molecule has 1 N–H and O–H groups in total. The SMILES string of the molecule is CCS(=N)(=O)P. The average molecular weight is 125 g/mol. The largest absolute Gasteiger partial charge is 0.250 e. The Labute approximate surface area is 40.3 Å². The molecule has 0 heterocycles. The van der Waals surface area contributed by atoms with Crippen molar-refractivity contribution >= 4 is 17.8 Å². The summed E-state index contributed by atoms with van der Waals surface area (Å²) in [5.74, 6) is 0.428. The molecule has 0 fully saturated rings. The van der Waals surface area contributed by atoms with Gasteiger partial charge in [-0.1, -0.05) is 6.92 Å². The Kier molecular flexibility index (Phi) is 2.02. The number of hydrogen-bond acceptors (Lipinski definition) is 2. The third-order valence-electron chi connectivity index (χ3n) is 0.429.